The lowest BCUT2D eigenvalue weighted by Crippen LogP contribution is -2.23. The van der Waals surface area contributed by atoms with Crippen molar-refractivity contribution in [2.75, 3.05) is 30.3 Å². The van der Waals surface area contributed by atoms with E-state index < -0.39 is 0 Å². The van der Waals surface area contributed by atoms with Crippen molar-refractivity contribution in [1.82, 2.24) is 19.5 Å². The van der Waals surface area contributed by atoms with Gasteiger partial charge in [-0.1, -0.05) is 18.2 Å². The zero-order valence-corrected chi connectivity index (χ0v) is 22.7. The Balaban J connectivity index is 1.53. The van der Waals surface area contributed by atoms with E-state index in [2.05, 4.69) is 58.5 Å². The van der Waals surface area contributed by atoms with Crippen molar-refractivity contribution in [3.05, 3.63) is 75.9 Å². The molecule has 0 spiro atoms. The lowest BCUT2D eigenvalue weighted by molar-refractivity contribution is 0.300. The summed E-state index contributed by atoms with van der Waals surface area (Å²) in [6.07, 6.45) is 4.54. The standard InChI is InChI=1S/C30H39N7O/c1-19-8-10-23(12-15-38)26(16-19)33-18-22-9-11-24-28(17-22)37(30(36-24)32-14-5-13-31)27-7-4-6-25-29(27)35-21(3)20(2)34-25/h8-11,16-17,27,33,38H,4-7,12-15,18,31H2,1-3H3,(H,32,36). The second-order valence-corrected chi connectivity index (χ2v) is 10.3. The van der Waals surface area contributed by atoms with Gasteiger partial charge in [-0.3, -0.25) is 9.97 Å². The third-order valence-electron chi connectivity index (χ3n) is 7.48. The SMILES string of the molecule is Cc1ccc(CCO)c(NCc2ccc3nc(NCCCN)n(C4CCCc5nc(C)c(C)nc54)c3c2)c1. The van der Waals surface area contributed by atoms with Crippen molar-refractivity contribution in [3.8, 4) is 0 Å². The van der Waals surface area contributed by atoms with Gasteiger partial charge in [-0.25, -0.2) is 4.98 Å². The van der Waals surface area contributed by atoms with Crippen LogP contribution < -0.4 is 16.4 Å². The van der Waals surface area contributed by atoms with Crippen molar-refractivity contribution >= 4 is 22.7 Å². The third-order valence-corrected chi connectivity index (χ3v) is 7.48. The fourth-order valence-corrected chi connectivity index (χ4v) is 5.35. The summed E-state index contributed by atoms with van der Waals surface area (Å²) >= 11 is 0. The molecule has 8 nitrogen and oxygen atoms in total. The van der Waals surface area contributed by atoms with E-state index in [0.29, 0.717) is 19.5 Å². The van der Waals surface area contributed by atoms with Crippen LogP contribution in [0.2, 0.25) is 0 Å². The highest BCUT2D eigenvalue weighted by Crippen LogP contribution is 2.36. The van der Waals surface area contributed by atoms with Crippen molar-refractivity contribution in [3.63, 3.8) is 0 Å². The summed E-state index contributed by atoms with van der Waals surface area (Å²) in [7, 11) is 0. The fourth-order valence-electron chi connectivity index (χ4n) is 5.35. The molecule has 0 fully saturated rings. The first-order chi connectivity index (χ1) is 18.5. The molecule has 1 atom stereocenters. The molecule has 2 heterocycles. The summed E-state index contributed by atoms with van der Waals surface area (Å²) in [5.41, 5.74) is 16.6. The molecule has 1 aliphatic carbocycles. The molecule has 1 unspecified atom stereocenters. The van der Waals surface area contributed by atoms with Crippen LogP contribution in [0.3, 0.4) is 0 Å². The quantitative estimate of drug-likeness (QED) is 0.229. The Morgan fingerprint density at radius 1 is 1.03 bits per heavy atom. The van der Waals surface area contributed by atoms with Gasteiger partial charge in [0.05, 0.1) is 39.9 Å². The van der Waals surface area contributed by atoms with Crippen LogP contribution in [0.25, 0.3) is 11.0 Å². The molecule has 0 bridgehead atoms. The van der Waals surface area contributed by atoms with Gasteiger partial charge < -0.3 is 26.0 Å². The van der Waals surface area contributed by atoms with Gasteiger partial charge in [-0.05, 0) is 94.3 Å². The number of rotatable bonds is 10. The number of aliphatic hydroxyl groups excluding tert-OH is 1. The Labute approximate surface area is 224 Å². The van der Waals surface area contributed by atoms with Gasteiger partial charge in [-0.15, -0.1) is 0 Å². The number of aliphatic hydroxyl groups is 1. The maximum atomic E-state index is 9.49. The minimum atomic E-state index is 0.0760. The first-order valence-electron chi connectivity index (χ1n) is 13.7. The lowest BCUT2D eigenvalue weighted by Gasteiger charge is -2.28. The van der Waals surface area contributed by atoms with E-state index in [0.717, 1.165) is 83.2 Å². The molecule has 0 aliphatic heterocycles. The van der Waals surface area contributed by atoms with Crippen LogP contribution in [0.4, 0.5) is 11.6 Å². The Bertz CT molecular complexity index is 1430. The van der Waals surface area contributed by atoms with E-state index in [4.69, 9.17) is 20.7 Å². The van der Waals surface area contributed by atoms with Crippen molar-refractivity contribution in [2.45, 2.75) is 65.5 Å². The van der Waals surface area contributed by atoms with Crippen LogP contribution in [0.15, 0.2) is 36.4 Å². The monoisotopic (exact) mass is 513 g/mol. The Morgan fingerprint density at radius 3 is 2.68 bits per heavy atom. The highest BCUT2D eigenvalue weighted by molar-refractivity contribution is 5.80. The molecule has 5 N–H and O–H groups in total. The van der Waals surface area contributed by atoms with E-state index >= 15 is 0 Å². The number of benzene rings is 2. The molecule has 0 saturated carbocycles. The van der Waals surface area contributed by atoms with Crippen molar-refractivity contribution in [2.24, 2.45) is 5.73 Å². The molecule has 4 aromatic rings. The van der Waals surface area contributed by atoms with E-state index in [-0.39, 0.29) is 12.6 Å². The zero-order chi connectivity index (χ0) is 26.6. The number of nitrogens with one attached hydrogen (secondary N) is 2. The zero-order valence-electron chi connectivity index (χ0n) is 22.7. The predicted molar refractivity (Wildman–Crippen MR) is 154 cm³/mol. The van der Waals surface area contributed by atoms with Crippen LogP contribution in [0.1, 0.15) is 64.8 Å². The summed E-state index contributed by atoms with van der Waals surface area (Å²) in [6, 6.07) is 12.9. The fraction of sp³-hybridized carbons (Fsp3) is 0.433. The third kappa shape index (κ3) is 5.37. The maximum Gasteiger partial charge on any atom is 0.204 e. The van der Waals surface area contributed by atoms with Gasteiger partial charge in [0.15, 0.2) is 0 Å². The highest BCUT2D eigenvalue weighted by Gasteiger charge is 2.29. The van der Waals surface area contributed by atoms with E-state index in [1.807, 2.05) is 13.8 Å². The van der Waals surface area contributed by atoms with Crippen molar-refractivity contribution < 1.29 is 5.11 Å². The molecule has 0 radical (unpaired) electrons. The van der Waals surface area contributed by atoms with Gasteiger partial charge in [0.2, 0.25) is 5.95 Å². The summed E-state index contributed by atoms with van der Waals surface area (Å²) in [5, 5.41) is 16.6. The van der Waals surface area contributed by atoms with Crippen LogP contribution in [0, 0.1) is 20.8 Å². The summed E-state index contributed by atoms with van der Waals surface area (Å²) in [5.74, 6) is 0.861. The molecule has 0 saturated heterocycles. The molecule has 38 heavy (non-hydrogen) atoms. The first-order valence-corrected chi connectivity index (χ1v) is 13.7. The van der Waals surface area contributed by atoms with E-state index in [1.54, 1.807) is 0 Å². The normalized spacial score (nSPS) is 15.0. The number of hydrogen-bond donors (Lipinski definition) is 4. The molecule has 2 aromatic carbocycles. The summed E-state index contributed by atoms with van der Waals surface area (Å²) < 4.78 is 2.33. The Hall–Kier alpha value is -3.49. The summed E-state index contributed by atoms with van der Waals surface area (Å²) in [6.45, 7) is 8.39. The number of fused-ring (bicyclic) bond motifs is 2. The second-order valence-electron chi connectivity index (χ2n) is 10.3. The Morgan fingerprint density at radius 2 is 1.87 bits per heavy atom. The van der Waals surface area contributed by atoms with Gasteiger partial charge in [0.1, 0.15) is 0 Å². The van der Waals surface area contributed by atoms with Gasteiger partial charge in [0.25, 0.3) is 0 Å². The number of anilines is 2. The van der Waals surface area contributed by atoms with Gasteiger partial charge in [-0.2, -0.15) is 0 Å². The average molecular weight is 514 g/mol. The minimum Gasteiger partial charge on any atom is -0.396 e. The molecule has 2 aromatic heterocycles. The predicted octanol–water partition coefficient (Wildman–Crippen LogP) is 4.58. The number of imidazole rings is 1. The van der Waals surface area contributed by atoms with Crippen LogP contribution in [0.5, 0.6) is 0 Å². The molecular weight excluding hydrogens is 474 g/mol. The number of aryl methyl sites for hydroxylation is 4. The number of aromatic nitrogens is 4. The number of nitrogens with two attached hydrogens (primary N) is 1. The minimum absolute atomic E-state index is 0.0760. The molecule has 1 aliphatic rings. The number of hydrogen-bond acceptors (Lipinski definition) is 7. The Kier molecular flexibility index (Phi) is 7.90. The second kappa shape index (κ2) is 11.5. The average Bonchev–Trinajstić information content (AvgIpc) is 3.26. The van der Waals surface area contributed by atoms with Crippen LogP contribution in [-0.2, 0) is 19.4 Å². The lowest BCUT2D eigenvalue weighted by atomic mass is 9.94. The molecule has 200 valence electrons. The van der Waals surface area contributed by atoms with E-state index in [1.165, 1.54) is 11.1 Å². The molecule has 0 amide bonds. The van der Waals surface area contributed by atoms with Gasteiger partial charge in [0, 0.05) is 25.4 Å². The van der Waals surface area contributed by atoms with Crippen LogP contribution >= 0.6 is 0 Å². The summed E-state index contributed by atoms with van der Waals surface area (Å²) in [4.78, 5) is 14.9. The molecule has 5 rings (SSSR count). The molecular formula is C30H39N7O. The first kappa shape index (κ1) is 26.1. The maximum absolute atomic E-state index is 9.49. The highest BCUT2D eigenvalue weighted by atomic mass is 16.3. The van der Waals surface area contributed by atoms with Crippen molar-refractivity contribution in [1.29, 1.82) is 0 Å². The smallest absolute Gasteiger partial charge is 0.204 e. The topological polar surface area (TPSA) is 114 Å². The van der Waals surface area contributed by atoms with Gasteiger partial charge >= 0.3 is 0 Å². The molecule has 8 heteroatoms. The number of nitrogens with zero attached hydrogens (tertiary/aromatic N) is 4. The van der Waals surface area contributed by atoms with Crippen LogP contribution in [-0.4, -0.2) is 44.3 Å². The largest absolute Gasteiger partial charge is 0.396 e. The van der Waals surface area contributed by atoms with E-state index in [9.17, 15) is 5.11 Å².